The Hall–Kier alpha value is -1.88. The maximum Gasteiger partial charge on any atom is 0.308 e. The molecule has 1 amide bonds. The smallest absolute Gasteiger partial charge is 0.308 e. The van der Waals surface area contributed by atoms with Crippen LogP contribution >= 0.6 is 0 Å². The van der Waals surface area contributed by atoms with E-state index in [1.54, 1.807) is 6.92 Å². The molecular weight excluding hydrogens is 258 g/mol. The highest BCUT2D eigenvalue weighted by molar-refractivity contribution is 5.95. The molecule has 1 unspecified atom stereocenters. The van der Waals surface area contributed by atoms with E-state index in [4.69, 9.17) is 9.84 Å². The van der Waals surface area contributed by atoms with Crippen LogP contribution in [0.25, 0.3) is 0 Å². The van der Waals surface area contributed by atoms with E-state index in [1.807, 2.05) is 32.0 Å². The number of benzene rings is 1. The van der Waals surface area contributed by atoms with Gasteiger partial charge in [-0.3, -0.25) is 9.59 Å². The number of carbonyl (C=O) groups excluding carboxylic acids is 1. The second-order valence-electron chi connectivity index (χ2n) is 4.95. The third-order valence-corrected chi connectivity index (χ3v) is 3.25. The summed E-state index contributed by atoms with van der Waals surface area (Å²) in [5.74, 6) is -1.81. The zero-order valence-electron chi connectivity index (χ0n) is 12.3. The molecule has 110 valence electrons. The van der Waals surface area contributed by atoms with Crippen LogP contribution in [0.3, 0.4) is 0 Å². The van der Waals surface area contributed by atoms with Crippen LogP contribution in [0.4, 0.5) is 5.69 Å². The fraction of sp³-hybridized carbons (Fsp3) is 0.467. The number of aryl methyl sites for hydroxylation is 2. The third-order valence-electron chi connectivity index (χ3n) is 3.25. The molecule has 1 rings (SSSR count). The zero-order valence-corrected chi connectivity index (χ0v) is 12.3. The lowest BCUT2D eigenvalue weighted by Gasteiger charge is -2.25. The van der Waals surface area contributed by atoms with Gasteiger partial charge in [0, 0.05) is 19.3 Å². The standard InChI is InChI=1S/C15H21NO4/c1-10-5-6-13(7-11(10)2)16(14(17)9-20-4)8-12(3)15(18)19/h5-7,12H,8-9H2,1-4H3,(H,18,19). The van der Waals surface area contributed by atoms with E-state index in [1.165, 1.54) is 12.0 Å². The number of nitrogens with zero attached hydrogens (tertiary/aromatic N) is 1. The summed E-state index contributed by atoms with van der Waals surface area (Å²) < 4.78 is 4.86. The minimum absolute atomic E-state index is 0.0702. The molecule has 0 radical (unpaired) electrons. The van der Waals surface area contributed by atoms with Crippen molar-refractivity contribution in [2.24, 2.45) is 5.92 Å². The molecule has 0 aliphatic rings. The molecule has 5 nitrogen and oxygen atoms in total. The molecule has 0 bridgehead atoms. The molecule has 0 aliphatic heterocycles. The van der Waals surface area contributed by atoms with E-state index < -0.39 is 11.9 Å². The van der Waals surface area contributed by atoms with Gasteiger partial charge in [-0.25, -0.2) is 0 Å². The minimum atomic E-state index is -0.927. The average molecular weight is 279 g/mol. The van der Waals surface area contributed by atoms with Crippen molar-refractivity contribution in [3.63, 3.8) is 0 Å². The second kappa shape index (κ2) is 7.05. The lowest BCUT2D eigenvalue weighted by Crippen LogP contribution is -2.39. The summed E-state index contributed by atoms with van der Waals surface area (Å²) in [7, 11) is 1.44. The van der Waals surface area contributed by atoms with Gasteiger partial charge in [0.25, 0.3) is 5.91 Å². The van der Waals surface area contributed by atoms with Crippen molar-refractivity contribution in [1.82, 2.24) is 0 Å². The number of amides is 1. The Bertz CT molecular complexity index is 499. The van der Waals surface area contributed by atoms with Gasteiger partial charge in [0.1, 0.15) is 6.61 Å². The fourth-order valence-corrected chi connectivity index (χ4v) is 1.80. The number of hydrogen-bond donors (Lipinski definition) is 1. The SMILES string of the molecule is COCC(=O)N(CC(C)C(=O)O)c1ccc(C)c(C)c1. The van der Waals surface area contributed by atoms with Gasteiger partial charge in [0.2, 0.25) is 0 Å². The van der Waals surface area contributed by atoms with Gasteiger partial charge in [0.05, 0.1) is 5.92 Å². The van der Waals surface area contributed by atoms with Gasteiger partial charge in [-0.1, -0.05) is 13.0 Å². The summed E-state index contributed by atoms with van der Waals surface area (Å²) >= 11 is 0. The molecule has 1 aromatic rings. The van der Waals surface area contributed by atoms with Gasteiger partial charge < -0.3 is 14.7 Å². The normalized spacial score (nSPS) is 12.0. The Morgan fingerprint density at radius 3 is 2.45 bits per heavy atom. The number of methoxy groups -OCH3 is 1. The van der Waals surface area contributed by atoms with Crippen LogP contribution in [-0.4, -0.2) is 37.2 Å². The maximum atomic E-state index is 12.1. The summed E-state index contributed by atoms with van der Waals surface area (Å²) in [6, 6.07) is 5.63. The molecule has 1 aromatic carbocycles. The van der Waals surface area contributed by atoms with Crippen LogP contribution in [0.2, 0.25) is 0 Å². The Labute approximate surface area is 119 Å². The molecule has 1 atom stereocenters. The van der Waals surface area contributed by atoms with Crippen LogP contribution in [0, 0.1) is 19.8 Å². The highest BCUT2D eigenvalue weighted by Gasteiger charge is 2.22. The van der Waals surface area contributed by atoms with E-state index in [-0.39, 0.29) is 19.1 Å². The molecule has 5 heteroatoms. The van der Waals surface area contributed by atoms with Crippen LogP contribution in [0.1, 0.15) is 18.1 Å². The number of rotatable bonds is 6. The first-order chi connectivity index (χ1) is 9.36. The molecule has 20 heavy (non-hydrogen) atoms. The Balaban J connectivity index is 3.05. The maximum absolute atomic E-state index is 12.1. The first-order valence-electron chi connectivity index (χ1n) is 6.46. The number of anilines is 1. The highest BCUT2D eigenvalue weighted by atomic mass is 16.5. The van der Waals surface area contributed by atoms with E-state index >= 15 is 0 Å². The topological polar surface area (TPSA) is 66.8 Å². The number of hydrogen-bond acceptors (Lipinski definition) is 3. The first kappa shape index (κ1) is 16.2. The molecule has 0 aliphatic carbocycles. The number of ether oxygens (including phenoxy) is 1. The molecule has 0 heterocycles. The zero-order chi connectivity index (χ0) is 15.3. The summed E-state index contributed by atoms with van der Waals surface area (Å²) in [6.07, 6.45) is 0. The van der Waals surface area contributed by atoms with Gasteiger partial charge >= 0.3 is 5.97 Å². The van der Waals surface area contributed by atoms with Crippen molar-refractivity contribution in [1.29, 1.82) is 0 Å². The molecule has 0 saturated heterocycles. The quantitative estimate of drug-likeness (QED) is 0.865. The van der Waals surface area contributed by atoms with Crippen LogP contribution < -0.4 is 4.90 Å². The van der Waals surface area contributed by atoms with Crippen molar-refractivity contribution >= 4 is 17.6 Å². The van der Waals surface area contributed by atoms with Crippen molar-refractivity contribution < 1.29 is 19.4 Å². The molecule has 1 N–H and O–H groups in total. The van der Waals surface area contributed by atoms with E-state index in [0.29, 0.717) is 5.69 Å². The lowest BCUT2D eigenvalue weighted by molar-refractivity contribution is -0.140. The average Bonchev–Trinajstić information content (AvgIpc) is 2.39. The molecule has 0 spiro atoms. The Morgan fingerprint density at radius 1 is 1.30 bits per heavy atom. The van der Waals surface area contributed by atoms with Crippen molar-refractivity contribution in [3.8, 4) is 0 Å². The van der Waals surface area contributed by atoms with E-state index in [2.05, 4.69) is 0 Å². The highest BCUT2D eigenvalue weighted by Crippen LogP contribution is 2.20. The van der Waals surface area contributed by atoms with Crippen LogP contribution in [0.5, 0.6) is 0 Å². The monoisotopic (exact) mass is 279 g/mol. The second-order valence-corrected chi connectivity index (χ2v) is 4.95. The van der Waals surface area contributed by atoms with Crippen LogP contribution in [-0.2, 0) is 14.3 Å². The van der Waals surface area contributed by atoms with E-state index in [0.717, 1.165) is 11.1 Å². The summed E-state index contributed by atoms with van der Waals surface area (Å²) in [6.45, 7) is 5.58. The minimum Gasteiger partial charge on any atom is -0.481 e. The Kier molecular flexibility index (Phi) is 5.70. The predicted molar refractivity (Wildman–Crippen MR) is 76.9 cm³/mol. The van der Waals surface area contributed by atoms with Gasteiger partial charge in [0.15, 0.2) is 0 Å². The van der Waals surface area contributed by atoms with Gasteiger partial charge in [-0.15, -0.1) is 0 Å². The fourth-order valence-electron chi connectivity index (χ4n) is 1.80. The van der Waals surface area contributed by atoms with Crippen molar-refractivity contribution in [2.45, 2.75) is 20.8 Å². The van der Waals surface area contributed by atoms with Gasteiger partial charge in [-0.05, 0) is 37.1 Å². The molecular formula is C15H21NO4. The predicted octanol–water partition coefficient (Wildman–Crippen LogP) is 2.00. The molecule has 0 fully saturated rings. The van der Waals surface area contributed by atoms with Crippen molar-refractivity contribution in [3.05, 3.63) is 29.3 Å². The summed E-state index contributed by atoms with van der Waals surface area (Å²) in [4.78, 5) is 24.6. The number of aliphatic carboxylic acids is 1. The molecule has 0 saturated carbocycles. The Morgan fingerprint density at radius 2 is 1.95 bits per heavy atom. The van der Waals surface area contributed by atoms with E-state index in [9.17, 15) is 9.59 Å². The largest absolute Gasteiger partial charge is 0.481 e. The number of carbonyl (C=O) groups is 2. The van der Waals surface area contributed by atoms with Crippen molar-refractivity contribution in [2.75, 3.05) is 25.2 Å². The summed E-state index contributed by atoms with van der Waals surface area (Å²) in [5.41, 5.74) is 2.88. The van der Waals surface area contributed by atoms with Gasteiger partial charge in [-0.2, -0.15) is 0 Å². The lowest BCUT2D eigenvalue weighted by atomic mass is 10.1. The first-order valence-corrected chi connectivity index (χ1v) is 6.46. The number of carboxylic acids is 1. The molecule has 0 aromatic heterocycles. The number of carboxylic acid groups (broad SMARTS) is 1. The van der Waals surface area contributed by atoms with Crippen LogP contribution in [0.15, 0.2) is 18.2 Å². The summed E-state index contributed by atoms with van der Waals surface area (Å²) in [5, 5.41) is 9.02. The third kappa shape index (κ3) is 4.06.